The lowest BCUT2D eigenvalue weighted by molar-refractivity contribution is -0.147. The molecule has 17 heavy (non-hydrogen) atoms. The van der Waals surface area contributed by atoms with Crippen molar-refractivity contribution in [3.63, 3.8) is 0 Å². The van der Waals surface area contributed by atoms with Crippen LogP contribution in [0.2, 0.25) is 0 Å². The molecule has 0 aromatic heterocycles. The van der Waals surface area contributed by atoms with Crippen LogP contribution in [0.4, 0.5) is 0 Å². The van der Waals surface area contributed by atoms with E-state index in [1.165, 1.54) is 12.1 Å². The molecule has 0 aliphatic heterocycles. The van der Waals surface area contributed by atoms with Crippen molar-refractivity contribution in [1.82, 2.24) is 0 Å². The zero-order chi connectivity index (χ0) is 12.8. The first kappa shape index (κ1) is 13.7. The van der Waals surface area contributed by atoms with Crippen LogP contribution in [0.1, 0.15) is 34.0 Å². The van der Waals surface area contributed by atoms with Gasteiger partial charge in [0.2, 0.25) is 0 Å². The minimum Gasteiger partial charge on any atom is -0.479 e. The lowest BCUT2D eigenvalue weighted by atomic mass is 9.97. The van der Waals surface area contributed by atoms with Gasteiger partial charge in [0.05, 0.1) is 0 Å². The van der Waals surface area contributed by atoms with Crippen LogP contribution in [0.5, 0.6) is 0 Å². The predicted molar refractivity (Wildman–Crippen MR) is 63.5 cm³/mol. The second kappa shape index (κ2) is 6.37. The number of rotatable bonds is 6. The highest BCUT2D eigenvalue weighted by molar-refractivity contribution is 6.17. The maximum absolute atomic E-state index is 10.7. The number of carboxylic acids is 1. The van der Waals surface area contributed by atoms with E-state index in [1.807, 2.05) is 0 Å². The van der Waals surface area contributed by atoms with Crippen molar-refractivity contribution in [2.75, 3.05) is 5.88 Å². The molecule has 0 aliphatic carbocycles. The molecule has 1 atom stereocenters. The number of hydrogen-bond acceptors (Lipinski definition) is 3. The van der Waals surface area contributed by atoms with Crippen LogP contribution >= 0.6 is 11.6 Å². The molecule has 1 aromatic carbocycles. The summed E-state index contributed by atoms with van der Waals surface area (Å²) in [5.74, 6) is -0.871. The second-order valence-electron chi connectivity index (χ2n) is 3.61. The number of alkyl halides is 1. The molecule has 5 heteroatoms. The largest absolute Gasteiger partial charge is 0.479 e. The minimum absolute atomic E-state index is 0.313. The Kier molecular flexibility index (Phi) is 5.12. The summed E-state index contributed by atoms with van der Waals surface area (Å²) in [6.45, 7) is 0. The molecule has 0 amide bonds. The number of carbonyl (C=O) groups excluding carboxylic acids is 1. The van der Waals surface area contributed by atoms with Crippen LogP contribution in [0.3, 0.4) is 0 Å². The molecule has 0 saturated carbocycles. The SMILES string of the molecule is O=Cc1ccc(C(O)C(=O)O)c(CCCCl)c1. The second-order valence-corrected chi connectivity index (χ2v) is 3.99. The lowest BCUT2D eigenvalue weighted by Crippen LogP contribution is -2.13. The van der Waals surface area contributed by atoms with E-state index in [4.69, 9.17) is 16.7 Å². The van der Waals surface area contributed by atoms with Crippen molar-refractivity contribution in [1.29, 1.82) is 0 Å². The van der Waals surface area contributed by atoms with Crippen molar-refractivity contribution in [3.05, 3.63) is 34.9 Å². The van der Waals surface area contributed by atoms with Gasteiger partial charge in [-0.2, -0.15) is 0 Å². The fraction of sp³-hybridized carbons (Fsp3) is 0.333. The molecule has 4 nitrogen and oxygen atoms in total. The summed E-state index contributed by atoms with van der Waals surface area (Å²) in [5, 5.41) is 18.3. The molecule has 0 spiro atoms. The third-order valence-electron chi connectivity index (χ3n) is 2.41. The molecular formula is C12H13ClO4. The van der Waals surface area contributed by atoms with Gasteiger partial charge in [-0.15, -0.1) is 11.6 Å². The van der Waals surface area contributed by atoms with Gasteiger partial charge in [0.25, 0.3) is 0 Å². The van der Waals surface area contributed by atoms with E-state index in [0.29, 0.717) is 41.7 Å². The zero-order valence-corrected chi connectivity index (χ0v) is 9.85. The van der Waals surface area contributed by atoms with Crippen LogP contribution in [-0.4, -0.2) is 28.3 Å². The Balaban J connectivity index is 3.09. The maximum Gasteiger partial charge on any atom is 0.337 e. The minimum atomic E-state index is -1.57. The van der Waals surface area contributed by atoms with E-state index in [1.54, 1.807) is 6.07 Å². The van der Waals surface area contributed by atoms with Gasteiger partial charge in [-0.3, -0.25) is 4.79 Å². The summed E-state index contributed by atoms with van der Waals surface area (Å²) in [6.07, 6.45) is 0.302. The summed E-state index contributed by atoms with van der Waals surface area (Å²) < 4.78 is 0. The highest BCUT2D eigenvalue weighted by Gasteiger charge is 2.19. The monoisotopic (exact) mass is 256 g/mol. The Hall–Kier alpha value is -1.39. The van der Waals surface area contributed by atoms with E-state index in [0.717, 1.165) is 0 Å². The Labute approximate surface area is 104 Å². The van der Waals surface area contributed by atoms with Crippen LogP contribution < -0.4 is 0 Å². The number of benzene rings is 1. The zero-order valence-electron chi connectivity index (χ0n) is 9.10. The van der Waals surface area contributed by atoms with Crippen molar-refractivity contribution in [2.24, 2.45) is 0 Å². The van der Waals surface area contributed by atoms with E-state index in [9.17, 15) is 14.7 Å². The fourth-order valence-corrected chi connectivity index (χ4v) is 1.71. The first-order chi connectivity index (χ1) is 8.10. The molecule has 0 saturated heterocycles. The molecule has 0 heterocycles. The van der Waals surface area contributed by atoms with Crippen LogP contribution in [0.15, 0.2) is 18.2 Å². The van der Waals surface area contributed by atoms with Crippen molar-refractivity contribution >= 4 is 23.9 Å². The normalized spacial score (nSPS) is 12.1. The molecule has 2 N–H and O–H groups in total. The summed E-state index contributed by atoms with van der Waals surface area (Å²) in [4.78, 5) is 21.4. The van der Waals surface area contributed by atoms with Gasteiger partial charge < -0.3 is 10.2 Å². The number of aldehydes is 1. The van der Waals surface area contributed by atoms with Gasteiger partial charge in [-0.1, -0.05) is 12.1 Å². The summed E-state index contributed by atoms with van der Waals surface area (Å²) in [7, 11) is 0. The number of aryl methyl sites for hydroxylation is 1. The van der Waals surface area contributed by atoms with Gasteiger partial charge >= 0.3 is 5.97 Å². The molecule has 0 fully saturated rings. The highest BCUT2D eigenvalue weighted by atomic mass is 35.5. The highest BCUT2D eigenvalue weighted by Crippen LogP contribution is 2.21. The number of aliphatic hydroxyl groups is 1. The summed E-state index contributed by atoms with van der Waals surface area (Å²) in [5.41, 5.74) is 1.41. The van der Waals surface area contributed by atoms with Crippen molar-refractivity contribution in [3.8, 4) is 0 Å². The Bertz CT molecular complexity index is 417. The standard InChI is InChI=1S/C12H13ClO4/c13-5-1-2-9-6-8(7-14)3-4-10(9)11(15)12(16)17/h3-4,6-7,11,15H,1-2,5H2,(H,16,17). The van der Waals surface area contributed by atoms with E-state index in [-0.39, 0.29) is 0 Å². The quantitative estimate of drug-likeness (QED) is 0.601. The molecule has 1 unspecified atom stereocenters. The molecule has 0 aliphatic rings. The number of aliphatic carboxylic acids is 1. The van der Waals surface area contributed by atoms with Crippen LogP contribution in [0.25, 0.3) is 0 Å². The molecule has 0 bridgehead atoms. The predicted octanol–water partition coefficient (Wildman–Crippen LogP) is 1.79. The molecule has 0 radical (unpaired) electrons. The fourth-order valence-electron chi connectivity index (χ4n) is 1.57. The summed E-state index contributed by atoms with van der Waals surface area (Å²) >= 11 is 5.57. The van der Waals surface area contributed by atoms with Gasteiger partial charge in [-0.05, 0) is 30.0 Å². The summed E-state index contributed by atoms with van der Waals surface area (Å²) in [6, 6.07) is 4.53. The van der Waals surface area contributed by atoms with Crippen molar-refractivity contribution in [2.45, 2.75) is 18.9 Å². The Morgan fingerprint density at radius 3 is 2.71 bits per heavy atom. The number of carboxylic acid groups (broad SMARTS) is 1. The van der Waals surface area contributed by atoms with Gasteiger partial charge in [0.15, 0.2) is 6.10 Å². The van der Waals surface area contributed by atoms with E-state index >= 15 is 0 Å². The Morgan fingerprint density at radius 1 is 1.47 bits per heavy atom. The Morgan fingerprint density at radius 2 is 2.18 bits per heavy atom. The van der Waals surface area contributed by atoms with E-state index in [2.05, 4.69) is 0 Å². The average molecular weight is 257 g/mol. The molecule has 1 rings (SSSR count). The molecule has 92 valence electrons. The number of hydrogen-bond donors (Lipinski definition) is 2. The number of aliphatic hydroxyl groups excluding tert-OH is 1. The number of carbonyl (C=O) groups is 2. The first-order valence-corrected chi connectivity index (χ1v) is 5.68. The smallest absolute Gasteiger partial charge is 0.337 e. The maximum atomic E-state index is 10.7. The average Bonchev–Trinajstić information content (AvgIpc) is 2.34. The third-order valence-corrected chi connectivity index (χ3v) is 2.68. The third kappa shape index (κ3) is 3.54. The molecular weight excluding hydrogens is 244 g/mol. The lowest BCUT2D eigenvalue weighted by Gasteiger charge is -2.12. The van der Waals surface area contributed by atoms with Crippen molar-refractivity contribution < 1.29 is 19.8 Å². The topological polar surface area (TPSA) is 74.6 Å². The van der Waals surface area contributed by atoms with E-state index < -0.39 is 12.1 Å². The van der Waals surface area contributed by atoms with Gasteiger partial charge in [0.1, 0.15) is 6.29 Å². The molecule has 1 aromatic rings. The number of halogens is 1. The van der Waals surface area contributed by atoms with Crippen LogP contribution in [0, 0.1) is 0 Å². The van der Waals surface area contributed by atoms with Gasteiger partial charge in [0, 0.05) is 11.4 Å². The van der Waals surface area contributed by atoms with Crippen LogP contribution in [-0.2, 0) is 11.2 Å². The first-order valence-electron chi connectivity index (χ1n) is 5.15. The van der Waals surface area contributed by atoms with Gasteiger partial charge in [-0.25, -0.2) is 4.79 Å².